The number of amides is 3. The first-order chi connectivity index (χ1) is 10.2. The molecule has 0 heterocycles. The number of carbonyl (C=O) groups is 4. The Morgan fingerprint density at radius 1 is 1.00 bits per heavy atom. The molecule has 0 aliphatic rings. The lowest BCUT2D eigenvalue weighted by atomic mass is 9.96. The first-order valence-electron chi connectivity index (χ1n) is 7.26. The molecule has 0 radical (unpaired) electrons. The summed E-state index contributed by atoms with van der Waals surface area (Å²) in [7, 11) is 0. The number of carboxylic acid groups (broad SMARTS) is 1. The molecule has 22 heavy (non-hydrogen) atoms. The van der Waals surface area contributed by atoms with E-state index in [-0.39, 0.29) is 31.2 Å². The number of rotatable bonds is 10. The van der Waals surface area contributed by atoms with E-state index in [1.54, 1.807) is 0 Å². The molecule has 0 saturated heterocycles. The van der Waals surface area contributed by atoms with E-state index in [9.17, 15) is 19.2 Å². The highest BCUT2D eigenvalue weighted by Crippen LogP contribution is 2.13. The zero-order valence-electron chi connectivity index (χ0n) is 13.3. The lowest BCUT2D eigenvalue weighted by Gasteiger charge is -2.25. The van der Waals surface area contributed by atoms with Gasteiger partial charge in [0.15, 0.2) is 0 Å². The van der Waals surface area contributed by atoms with Gasteiger partial charge in [-0.05, 0) is 13.3 Å². The molecule has 8 nitrogen and oxygen atoms in total. The Balaban J connectivity index is 4.09. The van der Waals surface area contributed by atoms with Gasteiger partial charge in [-0.15, -0.1) is 0 Å². The zero-order valence-corrected chi connectivity index (χ0v) is 13.3. The minimum atomic E-state index is -1.31. The molecule has 0 aromatic heterocycles. The molecule has 0 rings (SSSR count). The second-order valence-corrected chi connectivity index (χ2v) is 5.27. The fraction of sp³-hybridized carbons (Fsp3) is 0.714. The maximum absolute atomic E-state index is 11.8. The minimum absolute atomic E-state index is 0.0340. The molecular weight excluding hydrogens is 290 g/mol. The van der Waals surface area contributed by atoms with Gasteiger partial charge in [0.1, 0.15) is 5.54 Å². The SMILES string of the molecule is CCCC(C)(NC(=O)CCC(=O)NCCNC(C)=O)C(=O)O. The Hall–Kier alpha value is -2.12. The first kappa shape index (κ1) is 19.9. The molecule has 1 unspecified atom stereocenters. The third-order valence-electron chi connectivity index (χ3n) is 3.04. The standard InChI is InChI=1S/C14H25N3O5/c1-4-7-14(3,13(21)22)17-12(20)6-5-11(19)16-9-8-15-10(2)18/h4-9H2,1-3H3,(H,15,18)(H,16,19)(H,17,20)(H,21,22). The predicted octanol–water partition coefficient (Wildman–Crippen LogP) is -0.221. The second-order valence-electron chi connectivity index (χ2n) is 5.27. The molecule has 0 aromatic rings. The summed E-state index contributed by atoms with van der Waals surface area (Å²) in [6.45, 7) is 5.26. The molecule has 0 bridgehead atoms. The number of nitrogens with one attached hydrogen (secondary N) is 3. The summed E-state index contributed by atoms with van der Waals surface area (Å²) in [5.74, 6) is -2.08. The average molecular weight is 315 g/mol. The van der Waals surface area contributed by atoms with Crippen LogP contribution < -0.4 is 16.0 Å². The first-order valence-corrected chi connectivity index (χ1v) is 7.26. The fourth-order valence-corrected chi connectivity index (χ4v) is 1.85. The van der Waals surface area contributed by atoms with Crippen LogP contribution in [0.5, 0.6) is 0 Å². The highest BCUT2D eigenvalue weighted by atomic mass is 16.4. The summed E-state index contributed by atoms with van der Waals surface area (Å²) in [4.78, 5) is 45.1. The van der Waals surface area contributed by atoms with Crippen LogP contribution in [-0.2, 0) is 19.2 Å². The Morgan fingerprint density at radius 2 is 1.55 bits per heavy atom. The molecule has 0 fully saturated rings. The van der Waals surface area contributed by atoms with Crippen LogP contribution >= 0.6 is 0 Å². The van der Waals surface area contributed by atoms with E-state index in [0.717, 1.165) is 0 Å². The largest absolute Gasteiger partial charge is 0.480 e. The van der Waals surface area contributed by atoms with Gasteiger partial charge < -0.3 is 21.1 Å². The number of hydrogen-bond acceptors (Lipinski definition) is 4. The quantitative estimate of drug-likeness (QED) is 0.415. The molecule has 4 N–H and O–H groups in total. The van der Waals surface area contributed by atoms with Gasteiger partial charge in [0, 0.05) is 32.9 Å². The molecule has 0 aliphatic carbocycles. The van der Waals surface area contributed by atoms with Gasteiger partial charge in [-0.3, -0.25) is 14.4 Å². The molecular formula is C14H25N3O5. The van der Waals surface area contributed by atoms with Gasteiger partial charge in [0.05, 0.1) is 0 Å². The molecule has 0 aliphatic heterocycles. The van der Waals surface area contributed by atoms with Gasteiger partial charge >= 0.3 is 5.97 Å². The van der Waals surface area contributed by atoms with Crippen molar-refractivity contribution < 1.29 is 24.3 Å². The van der Waals surface area contributed by atoms with Crippen LogP contribution in [-0.4, -0.2) is 47.4 Å². The maximum atomic E-state index is 11.8. The monoisotopic (exact) mass is 315 g/mol. The zero-order chi connectivity index (χ0) is 17.2. The van der Waals surface area contributed by atoms with Crippen molar-refractivity contribution in [2.24, 2.45) is 0 Å². The molecule has 0 saturated carbocycles. The van der Waals surface area contributed by atoms with E-state index < -0.39 is 17.4 Å². The summed E-state index contributed by atoms with van der Waals surface area (Å²) in [5, 5.41) is 16.7. The average Bonchev–Trinajstić information content (AvgIpc) is 2.41. The van der Waals surface area contributed by atoms with Gasteiger partial charge in [-0.1, -0.05) is 13.3 Å². The van der Waals surface area contributed by atoms with Gasteiger partial charge in [0.2, 0.25) is 17.7 Å². The van der Waals surface area contributed by atoms with Crippen LogP contribution in [0.3, 0.4) is 0 Å². The lowest BCUT2D eigenvalue weighted by molar-refractivity contribution is -0.147. The highest BCUT2D eigenvalue weighted by Gasteiger charge is 2.33. The Bertz CT molecular complexity index is 425. The van der Waals surface area contributed by atoms with Crippen molar-refractivity contribution in [3.8, 4) is 0 Å². The molecule has 3 amide bonds. The fourth-order valence-electron chi connectivity index (χ4n) is 1.85. The van der Waals surface area contributed by atoms with Crippen molar-refractivity contribution in [3.05, 3.63) is 0 Å². The van der Waals surface area contributed by atoms with Crippen molar-refractivity contribution in [3.63, 3.8) is 0 Å². The van der Waals surface area contributed by atoms with Gasteiger partial charge in [-0.25, -0.2) is 4.79 Å². The highest BCUT2D eigenvalue weighted by molar-refractivity contribution is 5.88. The van der Waals surface area contributed by atoms with Crippen LogP contribution in [0.25, 0.3) is 0 Å². The summed E-state index contributed by atoms with van der Waals surface area (Å²) in [6.07, 6.45) is 0.815. The number of carbonyl (C=O) groups excluding carboxylic acids is 3. The smallest absolute Gasteiger partial charge is 0.329 e. The van der Waals surface area contributed by atoms with E-state index in [0.29, 0.717) is 19.4 Å². The van der Waals surface area contributed by atoms with Gasteiger partial charge in [-0.2, -0.15) is 0 Å². The van der Waals surface area contributed by atoms with E-state index >= 15 is 0 Å². The number of aliphatic carboxylic acids is 1. The van der Waals surface area contributed by atoms with Crippen molar-refractivity contribution in [1.29, 1.82) is 0 Å². The molecule has 1 atom stereocenters. The van der Waals surface area contributed by atoms with E-state index in [4.69, 9.17) is 5.11 Å². The second kappa shape index (κ2) is 9.75. The van der Waals surface area contributed by atoms with E-state index in [1.807, 2.05) is 6.92 Å². The van der Waals surface area contributed by atoms with E-state index in [1.165, 1.54) is 13.8 Å². The molecule has 0 spiro atoms. The van der Waals surface area contributed by atoms with Crippen molar-refractivity contribution in [2.45, 2.75) is 52.0 Å². The molecule has 0 aromatic carbocycles. The molecule has 126 valence electrons. The van der Waals surface area contributed by atoms with Crippen molar-refractivity contribution in [2.75, 3.05) is 13.1 Å². The van der Waals surface area contributed by atoms with Crippen LogP contribution in [0.2, 0.25) is 0 Å². The van der Waals surface area contributed by atoms with Gasteiger partial charge in [0.25, 0.3) is 0 Å². The number of hydrogen-bond donors (Lipinski definition) is 4. The summed E-state index contributed by atoms with van der Waals surface area (Å²) in [5.41, 5.74) is -1.31. The Kier molecular flexibility index (Phi) is 8.81. The molecule has 8 heteroatoms. The van der Waals surface area contributed by atoms with Crippen LogP contribution in [0.4, 0.5) is 0 Å². The third kappa shape index (κ3) is 8.23. The van der Waals surface area contributed by atoms with Crippen LogP contribution in [0.15, 0.2) is 0 Å². The summed E-state index contributed by atoms with van der Waals surface area (Å²) < 4.78 is 0. The normalized spacial score (nSPS) is 12.9. The number of carboxylic acids is 1. The van der Waals surface area contributed by atoms with Crippen molar-refractivity contribution in [1.82, 2.24) is 16.0 Å². The lowest BCUT2D eigenvalue weighted by Crippen LogP contribution is -2.52. The Labute approximate surface area is 130 Å². The maximum Gasteiger partial charge on any atom is 0.329 e. The van der Waals surface area contributed by atoms with Crippen LogP contribution in [0.1, 0.15) is 46.5 Å². The van der Waals surface area contributed by atoms with Crippen LogP contribution in [0, 0.1) is 0 Å². The van der Waals surface area contributed by atoms with E-state index in [2.05, 4.69) is 16.0 Å². The minimum Gasteiger partial charge on any atom is -0.480 e. The third-order valence-corrected chi connectivity index (χ3v) is 3.04. The topological polar surface area (TPSA) is 125 Å². The summed E-state index contributed by atoms with van der Waals surface area (Å²) >= 11 is 0. The predicted molar refractivity (Wildman–Crippen MR) is 80.0 cm³/mol. The Morgan fingerprint density at radius 3 is 2.05 bits per heavy atom. The summed E-state index contributed by atoms with van der Waals surface area (Å²) in [6, 6.07) is 0. The van der Waals surface area contributed by atoms with Crippen molar-refractivity contribution >= 4 is 23.7 Å².